The van der Waals surface area contributed by atoms with Crippen molar-refractivity contribution in [2.45, 2.75) is 13.3 Å². The number of carbonyl (C=O) groups is 1. The first-order valence-electron chi connectivity index (χ1n) is 3.35. The van der Waals surface area contributed by atoms with Gasteiger partial charge in [0.25, 0.3) is 0 Å². The minimum absolute atomic E-state index is 0. The molecule has 0 radical (unpaired) electrons. The number of halogens is 2. The van der Waals surface area contributed by atoms with Crippen molar-refractivity contribution in [2.75, 3.05) is 0 Å². The van der Waals surface area contributed by atoms with Crippen LogP contribution in [0.5, 0.6) is 0 Å². The fraction of sp³-hybridized carbons (Fsp3) is 0.222. The van der Waals surface area contributed by atoms with Crippen molar-refractivity contribution in [1.82, 2.24) is 0 Å². The van der Waals surface area contributed by atoms with Crippen LogP contribution in [0.4, 0.5) is 9.41 Å². The van der Waals surface area contributed by atoms with Gasteiger partial charge < -0.3 is 4.79 Å². The van der Waals surface area contributed by atoms with Gasteiger partial charge in [-0.1, -0.05) is 43.3 Å². The molecule has 0 fully saturated rings. The van der Waals surface area contributed by atoms with E-state index in [2.05, 4.69) is 0 Å². The molecular formula is C9H14F2O. The number of hydrogen-bond acceptors (Lipinski definition) is 1. The van der Waals surface area contributed by atoms with Crippen molar-refractivity contribution in [3.05, 3.63) is 36.4 Å². The summed E-state index contributed by atoms with van der Waals surface area (Å²) in [6.07, 6.45) is 1.51. The molecular weight excluding hydrogens is 162 g/mol. The maximum atomic E-state index is 9.17. The van der Waals surface area contributed by atoms with Crippen LogP contribution in [-0.4, -0.2) is 6.29 Å². The van der Waals surface area contributed by atoms with Crippen LogP contribution in [0, 0.1) is 0 Å². The predicted molar refractivity (Wildman–Crippen MR) is 47.8 cm³/mol. The Hall–Kier alpha value is -1.25. The maximum absolute atomic E-state index is 9.17. The Bertz CT molecular complexity index is 127. The number of rotatable bonds is 1. The van der Waals surface area contributed by atoms with E-state index in [1.165, 1.54) is 0 Å². The van der Waals surface area contributed by atoms with Gasteiger partial charge in [-0.2, -0.15) is 0 Å². The Balaban J connectivity index is -0.000000124. The van der Waals surface area contributed by atoms with Gasteiger partial charge in [0, 0.05) is 6.42 Å². The second-order valence-corrected chi connectivity index (χ2v) is 1.73. The molecule has 3 heteroatoms. The van der Waals surface area contributed by atoms with Gasteiger partial charge in [0.15, 0.2) is 0 Å². The average Bonchev–Trinajstić information content (AvgIpc) is 2.08. The van der Waals surface area contributed by atoms with Crippen LogP contribution < -0.4 is 0 Å². The molecule has 1 aromatic rings. The quantitative estimate of drug-likeness (QED) is 0.601. The Kier molecular flexibility index (Phi) is 23.2. The molecule has 0 aliphatic heterocycles. The highest BCUT2D eigenvalue weighted by molar-refractivity contribution is 5.48. The second-order valence-electron chi connectivity index (χ2n) is 1.73. The van der Waals surface area contributed by atoms with Gasteiger partial charge in [0.1, 0.15) is 6.29 Å². The van der Waals surface area contributed by atoms with Gasteiger partial charge in [-0.15, -0.1) is 0 Å². The summed E-state index contributed by atoms with van der Waals surface area (Å²) in [5.41, 5.74) is 0. The van der Waals surface area contributed by atoms with E-state index in [9.17, 15) is 4.79 Å². The van der Waals surface area contributed by atoms with Gasteiger partial charge in [-0.05, 0) is 0 Å². The van der Waals surface area contributed by atoms with Crippen LogP contribution in [0.2, 0.25) is 0 Å². The van der Waals surface area contributed by atoms with E-state index in [0.717, 1.165) is 6.29 Å². The van der Waals surface area contributed by atoms with Gasteiger partial charge >= 0.3 is 0 Å². The van der Waals surface area contributed by atoms with E-state index < -0.39 is 0 Å². The van der Waals surface area contributed by atoms with Gasteiger partial charge in [-0.3, -0.25) is 9.41 Å². The number of aldehydes is 1. The molecule has 0 aliphatic carbocycles. The van der Waals surface area contributed by atoms with E-state index in [-0.39, 0.29) is 9.41 Å². The summed E-state index contributed by atoms with van der Waals surface area (Å²) in [4.78, 5) is 9.17. The van der Waals surface area contributed by atoms with E-state index in [0.29, 0.717) is 6.42 Å². The van der Waals surface area contributed by atoms with Gasteiger partial charge in [0.05, 0.1) is 0 Å². The SMILES string of the molecule is CCC=O.F.F.c1ccccc1. The largest absolute Gasteiger partial charge is 0.303 e. The van der Waals surface area contributed by atoms with Crippen molar-refractivity contribution in [3.63, 3.8) is 0 Å². The van der Waals surface area contributed by atoms with Crippen LogP contribution in [0.15, 0.2) is 36.4 Å². The third kappa shape index (κ3) is 15.9. The van der Waals surface area contributed by atoms with Gasteiger partial charge in [0.2, 0.25) is 0 Å². The number of benzene rings is 1. The summed E-state index contributed by atoms with van der Waals surface area (Å²) in [5, 5.41) is 0. The Morgan fingerprint density at radius 2 is 1.08 bits per heavy atom. The third-order valence-electron chi connectivity index (χ3n) is 0.833. The van der Waals surface area contributed by atoms with Gasteiger partial charge in [-0.25, -0.2) is 0 Å². The Labute approximate surface area is 71.2 Å². The molecule has 70 valence electrons. The fourth-order valence-corrected chi connectivity index (χ4v) is 0.385. The van der Waals surface area contributed by atoms with Crippen molar-refractivity contribution in [2.24, 2.45) is 0 Å². The lowest BCUT2D eigenvalue weighted by Gasteiger charge is -1.69. The molecule has 0 heterocycles. The first-order valence-corrected chi connectivity index (χ1v) is 3.35. The topological polar surface area (TPSA) is 17.1 Å². The normalized spacial score (nSPS) is 6.08. The molecule has 1 rings (SSSR count). The predicted octanol–water partition coefficient (Wildman–Crippen LogP) is 2.59. The minimum Gasteiger partial charge on any atom is -0.303 e. The zero-order valence-corrected chi connectivity index (χ0v) is 6.97. The zero-order chi connectivity index (χ0) is 7.66. The van der Waals surface area contributed by atoms with Crippen LogP contribution in [-0.2, 0) is 4.79 Å². The van der Waals surface area contributed by atoms with Crippen molar-refractivity contribution < 1.29 is 14.2 Å². The fourth-order valence-electron chi connectivity index (χ4n) is 0.385. The molecule has 0 aliphatic rings. The van der Waals surface area contributed by atoms with Crippen molar-refractivity contribution in [1.29, 1.82) is 0 Å². The molecule has 1 aromatic carbocycles. The van der Waals surface area contributed by atoms with E-state index in [1.807, 2.05) is 43.3 Å². The van der Waals surface area contributed by atoms with E-state index in [1.54, 1.807) is 0 Å². The monoisotopic (exact) mass is 176 g/mol. The van der Waals surface area contributed by atoms with Crippen molar-refractivity contribution in [3.8, 4) is 0 Å². The molecule has 0 bridgehead atoms. The summed E-state index contributed by atoms with van der Waals surface area (Å²) in [6, 6.07) is 12.0. The average molecular weight is 176 g/mol. The standard InChI is InChI=1S/C6H6.C3H6O.2FH/c1-2-4-6-5-3-1;1-2-3-4;;/h1-6H;3H,2H2,1H3;2*1H. The molecule has 0 aromatic heterocycles. The lowest BCUT2D eigenvalue weighted by molar-refractivity contribution is -0.107. The van der Waals surface area contributed by atoms with E-state index >= 15 is 0 Å². The maximum Gasteiger partial charge on any atom is 0.119 e. The summed E-state index contributed by atoms with van der Waals surface area (Å²) in [6.45, 7) is 1.81. The Morgan fingerprint density at radius 1 is 0.917 bits per heavy atom. The lowest BCUT2D eigenvalue weighted by atomic mass is 10.4. The molecule has 1 nitrogen and oxygen atoms in total. The lowest BCUT2D eigenvalue weighted by Crippen LogP contribution is -1.55. The second kappa shape index (κ2) is 16.4. The highest BCUT2D eigenvalue weighted by atomic mass is 19.0. The molecule has 12 heavy (non-hydrogen) atoms. The summed E-state index contributed by atoms with van der Waals surface area (Å²) >= 11 is 0. The third-order valence-corrected chi connectivity index (χ3v) is 0.833. The number of hydrogen-bond donors (Lipinski definition) is 0. The molecule has 0 unspecified atom stereocenters. The first-order chi connectivity index (χ1) is 4.91. The van der Waals surface area contributed by atoms with Crippen LogP contribution in [0.1, 0.15) is 13.3 Å². The minimum atomic E-state index is 0. The highest BCUT2D eigenvalue weighted by Gasteiger charge is 1.57. The first kappa shape index (κ1) is 17.0. The van der Waals surface area contributed by atoms with E-state index in [4.69, 9.17) is 0 Å². The highest BCUT2D eigenvalue weighted by Crippen LogP contribution is 1.79. The molecule has 0 spiro atoms. The zero-order valence-electron chi connectivity index (χ0n) is 6.97. The van der Waals surface area contributed by atoms with Crippen LogP contribution in [0.25, 0.3) is 0 Å². The summed E-state index contributed by atoms with van der Waals surface area (Å²) in [7, 11) is 0. The molecule has 0 atom stereocenters. The summed E-state index contributed by atoms with van der Waals surface area (Å²) in [5.74, 6) is 0. The molecule has 0 saturated heterocycles. The molecule has 0 amide bonds. The smallest absolute Gasteiger partial charge is 0.119 e. The Morgan fingerprint density at radius 3 is 1.17 bits per heavy atom. The molecule has 0 N–H and O–H groups in total. The number of carbonyl (C=O) groups excluding carboxylic acids is 1. The van der Waals surface area contributed by atoms with Crippen LogP contribution >= 0.6 is 0 Å². The van der Waals surface area contributed by atoms with Crippen molar-refractivity contribution >= 4 is 6.29 Å². The summed E-state index contributed by atoms with van der Waals surface area (Å²) < 4.78 is 0. The van der Waals surface area contributed by atoms with Crippen LogP contribution in [0.3, 0.4) is 0 Å². The molecule has 0 saturated carbocycles.